The summed E-state index contributed by atoms with van der Waals surface area (Å²) in [6.45, 7) is 6.83. The minimum atomic E-state index is -0.162. The van der Waals surface area contributed by atoms with Gasteiger partial charge >= 0.3 is 0 Å². The molecule has 1 amide bonds. The van der Waals surface area contributed by atoms with Crippen molar-refractivity contribution in [2.24, 2.45) is 5.41 Å². The fraction of sp³-hybridized carbons (Fsp3) is 0.500. The Morgan fingerprint density at radius 3 is 2.65 bits per heavy atom. The van der Waals surface area contributed by atoms with Gasteiger partial charge in [0.25, 0.3) is 5.91 Å². The maximum Gasteiger partial charge on any atom is 0.256 e. The highest BCUT2D eigenvalue weighted by atomic mass is 35.5. The van der Waals surface area contributed by atoms with E-state index in [9.17, 15) is 4.79 Å². The Bertz CT molecular complexity index is 426. The Morgan fingerprint density at radius 1 is 1.53 bits per heavy atom. The maximum atomic E-state index is 12.1. The van der Waals surface area contributed by atoms with E-state index in [4.69, 9.17) is 17.3 Å². The van der Waals surface area contributed by atoms with Crippen molar-refractivity contribution >= 4 is 23.2 Å². The van der Waals surface area contributed by atoms with E-state index in [1.807, 2.05) is 0 Å². The molecule has 94 valence electrons. The van der Waals surface area contributed by atoms with Gasteiger partial charge in [0.15, 0.2) is 0 Å². The molecule has 17 heavy (non-hydrogen) atoms. The summed E-state index contributed by atoms with van der Waals surface area (Å²) in [7, 11) is 1.74. The van der Waals surface area contributed by atoms with Crippen LogP contribution in [-0.2, 0) is 0 Å². The largest absolute Gasteiger partial charge is 0.397 e. The lowest BCUT2D eigenvalue weighted by Gasteiger charge is -2.26. The lowest BCUT2D eigenvalue weighted by atomic mass is 9.96. The third kappa shape index (κ3) is 3.89. The predicted octanol–water partition coefficient (Wildman–Crippen LogP) is 2.44. The van der Waals surface area contributed by atoms with Gasteiger partial charge in [-0.1, -0.05) is 32.4 Å². The topological polar surface area (TPSA) is 59.2 Å². The van der Waals surface area contributed by atoms with Crippen molar-refractivity contribution in [3.8, 4) is 0 Å². The first kappa shape index (κ1) is 13.8. The summed E-state index contributed by atoms with van der Waals surface area (Å²) >= 11 is 5.89. The summed E-state index contributed by atoms with van der Waals surface area (Å²) in [5.74, 6) is -0.162. The minimum absolute atomic E-state index is 0.0324. The van der Waals surface area contributed by atoms with E-state index in [-0.39, 0.29) is 16.5 Å². The molecule has 1 aromatic rings. The highest BCUT2D eigenvalue weighted by molar-refractivity contribution is 6.32. The number of halogens is 1. The number of carbonyl (C=O) groups excluding carboxylic acids is 1. The predicted molar refractivity (Wildman–Crippen MR) is 70.1 cm³/mol. The summed E-state index contributed by atoms with van der Waals surface area (Å²) in [5, 5.41) is 0.185. The first-order chi connectivity index (χ1) is 7.70. The fourth-order valence-electron chi connectivity index (χ4n) is 1.60. The van der Waals surface area contributed by atoms with Crippen molar-refractivity contribution in [3.05, 3.63) is 23.0 Å². The van der Waals surface area contributed by atoms with Crippen LogP contribution in [0.2, 0.25) is 5.15 Å². The Kier molecular flexibility index (Phi) is 3.98. The third-order valence-corrected chi connectivity index (χ3v) is 2.45. The van der Waals surface area contributed by atoms with Crippen LogP contribution in [0, 0.1) is 5.41 Å². The summed E-state index contributed by atoms with van der Waals surface area (Å²) in [5.41, 5.74) is 6.41. The van der Waals surface area contributed by atoms with Gasteiger partial charge < -0.3 is 10.6 Å². The average Bonchev–Trinajstić information content (AvgIpc) is 2.18. The van der Waals surface area contributed by atoms with Gasteiger partial charge in [-0.3, -0.25) is 4.79 Å². The number of hydrogen-bond donors (Lipinski definition) is 1. The number of amides is 1. The van der Waals surface area contributed by atoms with Crippen LogP contribution < -0.4 is 5.73 Å². The Hall–Kier alpha value is -1.29. The van der Waals surface area contributed by atoms with Crippen molar-refractivity contribution in [2.75, 3.05) is 19.3 Å². The maximum absolute atomic E-state index is 12.1. The number of nitrogen functional groups attached to an aromatic ring is 1. The number of hydrogen-bond acceptors (Lipinski definition) is 3. The molecule has 0 unspecified atom stereocenters. The number of nitrogens with two attached hydrogens (primary N) is 1. The molecule has 1 heterocycles. The fourth-order valence-corrected chi connectivity index (χ4v) is 1.79. The molecular formula is C12H18ClN3O. The van der Waals surface area contributed by atoms with Crippen molar-refractivity contribution < 1.29 is 4.79 Å². The molecule has 2 N–H and O–H groups in total. The first-order valence-electron chi connectivity index (χ1n) is 5.37. The second kappa shape index (κ2) is 4.92. The molecule has 1 aromatic heterocycles. The van der Waals surface area contributed by atoms with Gasteiger partial charge in [-0.25, -0.2) is 4.98 Å². The molecule has 5 heteroatoms. The standard InChI is InChI=1S/C12H18ClN3O/c1-12(2,3)7-16(4)11(17)9-5-8(14)6-15-10(9)13/h5-6H,7,14H2,1-4H3. The van der Waals surface area contributed by atoms with E-state index in [1.165, 1.54) is 6.20 Å². The zero-order valence-electron chi connectivity index (χ0n) is 10.6. The summed E-state index contributed by atoms with van der Waals surface area (Å²) < 4.78 is 0. The number of aromatic nitrogens is 1. The second-order valence-corrected chi connectivity index (χ2v) is 5.69. The SMILES string of the molecule is CN(CC(C)(C)C)C(=O)c1cc(N)cnc1Cl. The molecule has 0 aliphatic carbocycles. The van der Waals surface area contributed by atoms with E-state index in [0.29, 0.717) is 17.8 Å². The zero-order valence-corrected chi connectivity index (χ0v) is 11.4. The Labute approximate surface area is 107 Å². The van der Waals surface area contributed by atoms with Gasteiger partial charge in [0.05, 0.1) is 17.4 Å². The van der Waals surface area contributed by atoms with E-state index in [2.05, 4.69) is 25.8 Å². The van der Waals surface area contributed by atoms with Crippen molar-refractivity contribution in [3.63, 3.8) is 0 Å². The number of carbonyl (C=O) groups is 1. The number of pyridine rings is 1. The van der Waals surface area contributed by atoms with Crippen LogP contribution >= 0.6 is 11.6 Å². The quantitative estimate of drug-likeness (QED) is 0.826. The first-order valence-corrected chi connectivity index (χ1v) is 5.75. The lowest BCUT2D eigenvalue weighted by Crippen LogP contribution is -2.34. The van der Waals surface area contributed by atoms with Gasteiger partial charge in [0.2, 0.25) is 0 Å². The number of rotatable bonds is 2. The molecule has 0 bridgehead atoms. The smallest absolute Gasteiger partial charge is 0.256 e. The van der Waals surface area contributed by atoms with Crippen molar-refractivity contribution in [1.29, 1.82) is 0 Å². The molecule has 0 saturated carbocycles. The summed E-state index contributed by atoms with van der Waals surface area (Å²) in [4.78, 5) is 17.6. The summed E-state index contributed by atoms with van der Waals surface area (Å²) in [6, 6.07) is 1.55. The molecule has 0 fully saturated rings. The van der Waals surface area contributed by atoms with Crippen LogP contribution in [-0.4, -0.2) is 29.4 Å². The zero-order chi connectivity index (χ0) is 13.2. The van der Waals surface area contributed by atoms with Gasteiger partial charge in [-0.05, 0) is 11.5 Å². The van der Waals surface area contributed by atoms with Crippen LogP contribution in [0.4, 0.5) is 5.69 Å². The van der Waals surface area contributed by atoms with Crippen LogP contribution in [0.5, 0.6) is 0 Å². The summed E-state index contributed by atoms with van der Waals surface area (Å²) in [6.07, 6.45) is 1.43. The van der Waals surface area contributed by atoms with Crippen LogP contribution in [0.1, 0.15) is 31.1 Å². The molecule has 0 aliphatic rings. The molecule has 0 saturated heterocycles. The molecular weight excluding hydrogens is 238 g/mol. The van der Waals surface area contributed by atoms with Gasteiger partial charge in [-0.15, -0.1) is 0 Å². The molecule has 0 aliphatic heterocycles. The van der Waals surface area contributed by atoms with Gasteiger partial charge in [-0.2, -0.15) is 0 Å². The Balaban J connectivity index is 2.93. The molecule has 0 atom stereocenters. The number of nitrogens with zero attached hydrogens (tertiary/aromatic N) is 2. The van der Waals surface area contributed by atoms with Gasteiger partial charge in [0, 0.05) is 13.6 Å². The van der Waals surface area contributed by atoms with Crippen molar-refractivity contribution in [1.82, 2.24) is 9.88 Å². The van der Waals surface area contributed by atoms with Crippen molar-refractivity contribution in [2.45, 2.75) is 20.8 Å². The molecule has 0 radical (unpaired) electrons. The minimum Gasteiger partial charge on any atom is -0.397 e. The average molecular weight is 256 g/mol. The lowest BCUT2D eigenvalue weighted by molar-refractivity contribution is 0.0745. The molecule has 0 aromatic carbocycles. The number of anilines is 1. The van der Waals surface area contributed by atoms with E-state index in [0.717, 1.165) is 0 Å². The second-order valence-electron chi connectivity index (χ2n) is 5.33. The monoisotopic (exact) mass is 255 g/mol. The van der Waals surface area contributed by atoms with Crippen LogP contribution in [0.25, 0.3) is 0 Å². The van der Waals surface area contributed by atoms with E-state index >= 15 is 0 Å². The van der Waals surface area contributed by atoms with E-state index < -0.39 is 0 Å². The molecule has 1 rings (SSSR count). The van der Waals surface area contributed by atoms with Crippen LogP contribution in [0.15, 0.2) is 12.3 Å². The highest BCUT2D eigenvalue weighted by Gasteiger charge is 2.21. The third-order valence-electron chi connectivity index (χ3n) is 2.15. The molecule has 0 spiro atoms. The molecule has 4 nitrogen and oxygen atoms in total. The van der Waals surface area contributed by atoms with Crippen LogP contribution in [0.3, 0.4) is 0 Å². The highest BCUT2D eigenvalue weighted by Crippen LogP contribution is 2.20. The van der Waals surface area contributed by atoms with E-state index in [1.54, 1.807) is 18.0 Å². The van der Waals surface area contributed by atoms with Gasteiger partial charge in [0.1, 0.15) is 5.15 Å². The normalized spacial score (nSPS) is 11.4. The Morgan fingerprint density at radius 2 is 2.12 bits per heavy atom.